The topological polar surface area (TPSA) is 52.0 Å². The van der Waals surface area contributed by atoms with E-state index in [1.165, 1.54) is 22.6 Å². The third-order valence-electron chi connectivity index (χ3n) is 4.70. The molecule has 0 saturated carbocycles. The maximum Gasteiger partial charge on any atom is 0.275 e. The summed E-state index contributed by atoms with van der Waals surface area (Å²) in [5.41, 5.74) is 0.997. The lowest BCUT2D eigenvalue weighted by atomic mass is 10.2. The van der Waals surface area contributed by atoms with Crippen LogP contribution in [0.15, 0.2) is 35.7 Å². The molecule has 1 aliphatic rings. The van der Waals surface area contributed by atoms with Gasteiger partial charge in [0.2, 0.25) is 0 Å². The highest BCUT2D eigenvalue weighted by molar-refractivity contribution is 7.10. The molecule has 1 unspecified atom stereocenters. The van der Waals surface area contributed by atoms with Crippen LogP contribution in [0, 0.1) is 0 Å². The lowest BCUT2D eigenvalue weighted by molar-refractivity contribution is -0.910. The van der Waals surface area contributed by atoms with E-state index in [0.29, 0.717) is 30.6 Å². The van der Waals surface area contributed by atoms with Crippen molar-refractivity contribution in [2.75, 3.05) is 27.3 Å². The van der Waals surface area contributed by atoms with Gasteiger partial charge in [-0.2, -0.15) is 0 Å². The number of thiophene rings is 1. The highest BCUT2D eigenvalue weighted by Crippen LogP contribution is 2.27. The summed E-state index contributed by atoms with van der Waals surface area (Å²) < 4.78 is 10.5. The summed E-state index contributed by atoms with van der Waals surface area (Å²) in [6.45, 7) is 2.08. The molecule has 2 N–H and O–H groups in total. The lowest BCUT2D eigenvalue weighted by Crippen LogP contribution is -3.11. The van der Waals surface area contributed by atoms with Crippen molar-refractivity contribution in [1.29, 1.82) is 0 Å². The van der Waals surface area contributed by atoms with E-state index in [-0.39, 0.29) is 5.91 Å². The normalized spacial score (nSPS) is 19.6. The standard InChI is InChI=1S/C19H24N2O3S/c1-23-16-8-7-14(11-17(16)24-2)12-20-19(22)13-21-9-3-5-15(21)18-6-4-10-25-18/h4,6-8,10-11,15H,3,5,9,12-13H2,1-2H3,(H,20,22)/p+1/t15-/m0/s1. The van der Waals surface area contributed by atoms with E-state index in [0.717, 1.165) is 12.1 Å². The summed E-state index contributed by atoms with van der Waals surface area (Å²) in [7, 11) is 3.23. The predicted octanol–water partition coefficient (Wildman–Crippen LogP) is 1.80. The van der Waals surface area contributed by atoms with Gasteiger partial charge in [0, 0.05) is 19.4 Å². The van der Waals surface area contributed by atoms with Crippen LogP contribution in [0.5, 0.6) is 11.5 Å². The fourth-order valence-corrected chi connectivity index (χ4v) is 4.34. The Hall–Kier alpha value is -2.05. The summed E-state index contributed by atoms with van der Waals surface area (Å²) in [5, 5.41) is 5.14. The number of hydrogen-bond acceptors (Lipinski definition) is 4. The predicted molar refractivity (Wildman–Crippen MR) is 98.4 cm³/mol. The number of nitrogens with one attached hydrogen (secondary N) is 2. The lowest BCUT2D eigenvalue weighted by Gasteiger charge is -2.20. The second-order valence-corrected chi connectivity index (χ2v) is 7.24. The number of rotatable bonds is 7. The Labute approximate surface area is 152 Å². The molecule has 1 amide bonds. The van der Waals surface area contributed by atoms with Crippen molar-refractivity contribution >= 4 is 17.2 Å². The molecule has 1 aromatic carbocycles. The van der Waals surface area contributed by atoms with Gasteiger partial charge >= 0.3 is 0 Å². The third kappa shape index (κ3) is 4.32. The summed E-state index contributed by atoms with van der Waals surface area (Å²) in [4.78, 5) is 15.1. The molecule has 2 aromatic rings. The first-order valence-corrected chi connectivity index (χ1v) is 9.45. The number of amides is 1. The van der Waals surface area contributed by atoms with Gasteiger partial charge in [0.1, 0.15) is 6.04 Å². The van der Waals surface area contributed by atoms with Crippen LogP contribution in [0.4, 0.5) is 0 Å². The molecule has 1 fully saturated rings. The van der Waals surface area contributed by atoms with Gasteiger partial charge in [0.05, 0.1) is 25.6 Å². The zero-order chi connectivity index (χ0) is 17.6. The van der Waals surface area contributed by atoms with Crippen molar-refractivity contribution in [2.45, 2.75) is 25.4 Å². The maximum absolute atomic E-state index is 12.4. The molecule has 25 heavy (non-hydrogen) atoms. The van der Waals surface area contributed by atoms with E-state index < -0.39 is 0 Å². The van der Waals surface area contributed by atoms with E-state index in [1.807, 2.05) is 18.2 Å². The molecule has 0 radical (unpaired) electrons. The second kappa shape index (κ2) is 8.36. The number of likely N-dealkylation sites (tertiary alicyclic amines) is 1. The minimum Gasteiger partial charge on any atom is -0.493 e. The summed E-state index contributed by atoms with van der Waals surface area (Å²) >= 11 is 1.79. The number of benzene rings is 1. The van der Waals surface area contributed by atoms with Gasteiger partial charge in [-0.05, 0) is 29.1 Å². The van der Waals surface area contributed by atoms with Crippen LogP contribution in [0.2, 0.25) is 0 Å². The van der Waals surface area contributed by atoms with E-state index >= 15 is 0 Å². The van der Waals surface area contributed by atoms with Crippen molar-refractivity contribution in [1.82, 2.24) is 5.32 Å². The second-order valence-electron chi connectivity index (χ2n) is 6.26. The number of hydrogen-bond donors (Lipinski definition) is 2. The molecular weight excluding hydrogens is 336 g/mol. The molecule has 0 bridgehead atoms. The molecule has 6 heteroatoms. The van der Waals surface area contributed by atoms with Gasteiger partial charge in [-0.25, -0.2) is 0 Å². The van der Waals surface area contributed by atoms with Gasteiger partial charge in [0.15, 0.2) is 18.0 Å². The first-order valence-electron chi connectivity index (χ1n) is 8.57. The van der Waals surface area contributed by atoms with Gasteiger partial charge in [0.25, 0.3) is 5.91 Å². The van der Waals surface area contributed by atoms with Crippen molar-refractivity contribution in [3.63, 3.8) is 0 Å². The van der Waals surface area contributed by atoms with Crippen LogP contribution in [-0.2, 0) is 11.3 Å². The number of quaternary nitrogens is 1. The van der Waals surface area contributed by atoms with E-state index in [4.69, 9.17) is 9.47 Å². The maximum atomic E-state index is 12.4. The van der Waals surface area contributed by atoms with Gasteiger partial charge in [-0.3, -0.25) is 4.79 Å². The summed E-state index contributed by atoms with van der Waals surface area (Å²) in [6.07, 6.45) is 2.35. The molecular formula is C19H25N2O3S+. The zero-order valence-corrected chi connectivity index (χ0v) is 15.5. The highest BCUT2D eigenvalue weighted by atomic mass is 32.1. The van der Waals surface area contributed by atoms with Gasteiger partial charge < -0.3 is 19.7 Å². The molecule has 0 aliphatic carbocycles. The molecule has 1 aliphatic heterocycles. The quantitative estimate of drug-likeness (QED) is 0.791. The van der Waals surface area contributed by atoms with Crippen LogP contribution in [0.3, 0.4) is 0 Å². The smallest absolute Gasteiger partial charge is 0.275 e. The first-order chi connectivity index (χ1) is 12.2. The number of ether oxygens (including phenoxy) is 2. The zero-order valence-electron chi connectivity index (χ0n) is 14.7. The average molecular weight is 361 g/mol. The SMILES string of the molecule is COc1ccc(CNC(=O)C[NH+]2CCC[C@H]2c2cccs2)cc1OC. The van der Waals surface area contributed by atoms with E-state index in [9.17, 15) is 4.79 Å². The molecule has 1 saturated heterocycles. The minimum absolute atomic E-state index is 0.0910. The van der Waals surface area contributed by atoms with Crippen LogP contribution in [0.1, 0.15) is 29.3 Å². The van der Waals surface area contributed by atoms with Crippen LogP contribution in [0.25, 0.3) is 0 Å². The Bertz CT molecular complexity index is 703. The first kappa shape index (κ1) is 17.8. The Morgan fingerprint density at radius 1 is 1.28 bits per heavy atom. The molecule has 2 atom stereocenters. The molecule has 2 heterocycles. The van der Waals surface area contributed by atoms with Crippen molar-refractivity contribution in [3.05, 3.63) is 46.2 Å². The fraction of sp³-hybridized carbons (Fsp3) is 0.421. The minimum atomic E-state index is 0.0910. The number of carbonyl (C=O) groups excluding carboxylic acids is 1. The van der Waals surface area contributed by atoms with Crippen LogP contribution < -0.4 is 19.7 Å². The van der Waals surface area contributed by atoms with Crippen molar-refractivity contribution in [3.8, 4) is 11.5 Å². The fourth-order valence-electron chi connectivity index (χ4n) is 3.42. The molecule has 0 spiro atoms. The van der Waals surface area contributed by atoms with Gasteiger partial charge in [-0.15, -0.1) is 11.3 Å². The largest absolute Gasteiger partial charge is 0.493 e. The highest BCUT2D eigenvalue weighted by Gasteiger charge is 2.32. The molecule has 1 aromatic heterocycles. The monoisotopic (exact) mass is 361 g/mol. The molecule has 3 rings (SSSR count). The van der Waals surface area contributed by atoms with Crippen LogP contribution in [-0.4, -0.2) is 33.2 Å². The van der Waals surface area contributed by atoms with Crippen LogP contribution >= 0.6 is 11.3 Å². The third-order valence-corrected chi connectivity index (χ3v) is 5.68. The van der Waals surface area contributed by atoms with Gasteiger partial charge in [-0.1, -0.05) is 12.1 Å². The van der Waals surface area contributed by atoms with Crippen molar-refractivity contribution in [2.24, 2.45) is 0 Å². The Kier molecular flexibility index (Phi) is 5.94. The Balaban J connectivity index is 1.54. The average Bonchev–Trinajstić information content (AvgIpc) is 3.31. The number of methoxy groups -OCH3 is 2. The Morgan fingerprint density at radius 2 is 2.12 bits per heavy atom. The molecule has 5 nitrogen and oxygen atoms in total. The summed E-state index contributed by atoms with van der Waals surface area (Å²) in [5.74, 6) is 1.46. The van der Waals surface area contributed by atoms with E-state index in [1.54, 1.807) is 25.6 Å². The van der Waals surface area contributed by atoms with E-state index in [2.05, 4.69) is 22.8 Å². The number of carbonyl (C=O) groups is 1. The molecule has 134 valence electrons. The Morgan fingerprint density at radius 3 is 2.84 bits per heavy atom. The van der Waals surface area contributed by atoms with Crippen molar-refractivity contribution < 1.29 is 19.2 Å². The summed E-state index contributed by atoms with van der Waals surface area (Å²) in [6, 6.07) is 10.4.